The summed E-state index contributed by atoms with van der Waals surface area (Å²) in [5.41, 5.74) is 0.503. The molecule has 16 heavy (non-hydrogen) atoms. The summed E-state index contributed by atoms with van der Waals surface area (Å²) in [5.74, 6) is 0.578. The van der Waals surface area contributed by atoms with Crippen molar-refractivity contribution in [3.05, 3.63) is 39.9 Å². The second-order valence-corrected chi connectivity index (χ2v) is 3.48. The van der Waals surface area contributed by atoms with Crippen LogP contribution >= 0.6 is 0 Å². The molecule has 0 heterocycles. The number of nitro groups is 1. The molecular weight excluding hydrogens is 210 g/mol. The van der Waals surface area contributed by atoms with Crippen molar-refractivity contribution in [2.75, 3.05) is 7.11 Å². The molecule has 0 radical (unpaired) electrons. The Hall–Kier alpha value is -1.62. The molecule has 0 unspecified atom stereocenters. The fourth-order valence-corrected chi connectivity index (χ4v) is 1.54. The Morgan fingerprint density at radius 1 is 1.56 bits per heavy atom. The fourth-order valence-electron chi connectivity index (χ4n) is 1.54. The smallest absolute Gasteiger partial charge is 0.242 e. The largest absolute Gasteiger partial charge is 0.497 e. The first kappa shape index (κ1) is 12.4. The molecule has 5 nitrogen and oxygen atoms in total. The molecule has 1 aromatic rings. The second kappa shape index (κ2) is 5.46. The van der Waals surface area contributed by atoms with Crippen molar-refractivity contribution < 1.29 is 14.8 Å². The van der Waals surface area contributed by atoms with Crippen LogP contribution in [0.3, 0.4) is 0 Å². The van der Waals surface area contributed by atoms with Gasteiger partial charge < -0.3 is 9.84 Å². The monoisotopic (exact) mass is 225 g/mol. The highest BCUT2D eigenvalue weighted by Crippen LogP contribution is 2.24. The lowest BCUT2D eigenvalue weighted by atomic mass is 10.0. The van der Waals surface area contributed by atoms with Gasteiger partial charge in [-0.15, -0.1) is 0 Å². The Kier molecular flexibility index (Phi) is 4.25. The predicted molar refractivity (Wildman–Crippen MR) is 59.0 cm³/mol. The highest BCUT2D eigenvalue weighted by atomic mass is 16.6. The van der Waals surface area contributed by atoms with Gasteiger partial charge in [0.1, 0.15) is 11.9 Å². The van der Waals surface area contributed by atoms with E-state index in [1.54, 1.807) is 31.2 Å². The third-order valence-electron chi connectivity index (χ3n) is 2.49. The molecule has 88 valence electrons. The molecule has 0 bridgehead atoms. The molecule has 1 N–H and O–H groups in total. The molecule has 0 aliphatic heterocycles. The summed E-state index contributed by atoms with van der Waals surface area (Å²) in [5, 5.41) is 20.6. The quantitative estimate of drug-likeness (QED) is 0.612. The number of methoxy groups -OCH3 is 1. The number of ether oxygens (including phenoxy) is 1. The molecule has 0 aromatic heterocycles. The van der Waals surface area contributed by atoms with Gasteiger partial charge in [-0.2, -0.15) is 0 Å². The minimum Gasteiger partial charge on any atom is -0.497 e. The van der Waals surface area contributed by atoms with E-state index in [0.717, 1.165) is 0 Å². The SMILES string of the molecule is CC[C@@H]([C@@H](O)c1cccc(OC)c1)[N+](=O)[O-]. The highest BCUT2D eigenvalue weighted by molar-refractivity contribution is 5.30. The van der Waals surface area contributed by atoms with Gasteiger partial charge in [-0.3, -0.25) is 10.1 Å². The topological polar surface area (TPSA) is 72.6 Å². The number of benzene rings is 1. The molecule has 0 spiro atoms. The van der Waals surface area contributed by atoms with Crippen molar-refractivity contribution in [1.29, 1.82) is 0 Å². The van der Waals surface area contributed by atoms with E-state index < -0.39 is 17.1 Å². The van der Waals surface area contributed by atoms with Gasteiger partial charge in [-0.1, -0.05) is 19.1 Å². The number of nitrogens with zero attached hydrogens (tertiary/aromatic N) is 1. The molecule has 0 amide bonds. The Balaban J connectivity index is 2.93. The molecular formula is C11H15NO4. The van der Waals surface area contributed by atoms with Crippen LogP contribution in [0.15, 0.2) is 24.3 Å². The third-order valence-corrected chi connectivity index (χ3v) is 2.49. The lowest BCUT2D eigenvalue weighted by Crippen LogP contribution is -2.26. The van der Waals surface area contributed by atoms with Crippen LogP contribution in [0.2, 0.25) is 0 Å². The Labute approximate surface area is 93.8 Å². The zero-order chi connectivity index (χ0) is 12.1. The molecule has 0 saturated heterocycles. The lowest BCUT2D eigenvalue weighted by molar-refractivity contribution is -0.536. The average Bonchev–Trinajstić information content (AvgIpc) is 2.29. The number of hydrogen-bond donors (Lipinski definition) is 1. The molecule has 2 atom stereocenters. The summed E-state index contributed by atoms with van der Waals surface area (Å²) in [6.45, 7) is 1.68. The maximum absolute atomic E-state index is 10.7. The molecule has 1 rings (SSSR count). The van der Waals surface area contributed by atoms with Crippen molar-refractivity contribution in [3.8, 4) is 5.75 Å². The molecule has 0 aliphatic carbocycles. The van der Waals surface area contributed by atoms with Crippen LogP contribution in [0.25, 0.3) is 0 Å². The summed E-state index contributed by atoms with van der Waals surface area (Å²) in [6.07, 6.45) is -0.819. The van der Waals surface area contributed by atoms with Gasteiger partial charge in [0, 0.05) is 11.3 Å². The third kappa shape index (κ3) is 2.70. The summed E-state index contributed by atoms with van der Waals surface area (Å²) < 4.78 is 5.00. The molecule has 5 heteroatoms. The van der Waals surface area contributed by atoms with Gasteiger partial charge >= 0.3 is 0 Å². The van der Waals surface area contributed by atoms with E-state index in [2.05, 4.69) is 0 Å². The van der Waals surface area contributed by atoms with Gasteiger partial charge in [-0.05, 0) is 17.7 Å². The van der Waals surface area contributed by atoms with E-state index in [0.29, 0.717) is 11.3 Å². The molecule has 1 aromatic carbocycles. The summed E-state index contributed by atoms with van der Waals surface area (Å²) >= 11 is 0. The fraction of sp³-hybridized carbons (Fsp3) is 0.455. The maximum Gasteiger partial charge on any atom is 0.242 e. The van der Waals surface area contributed by atoms with Crippen molar-refractivity contribution in [2.45, 2.75) is 25.5 Å². The Morgan fingerprint density at radius 3 is 2.75 bits per heavy atom. The molecule has 0 saturated carbocycles. The number of hydrogen-bond acceptors (Lipinski definition) is 4. The second-order valence-electron chi connectivity index (χ2n) is 3.48. The maximum atomic E-state index is 10.7. The van der Waals surface area contributed by atoms with E-state index in [1.807, 2.05) is 0 Å². The Bertz CT molecular complexity index is 367. The van der Waals surface area contributed by atoms with E-state index in [1.165, 1.54) is 7.11 Å². The standard InChI is InChI=1S/C11H15NO4/c1-3-10(12(14)15)11(13)8-5-4-6-9(7-8)16-2/h4-7,10-11,13H,3H2,1-2H3/t10-,11-/m0/s1. The van der Waals surface area contributed by atoms with Crippen molar-refractivity contribution >= 4 is 0 Å². The van der Waals surface area contributed by atoms with Crippen LogP contribution in [0.1, 0.15) is 25.0 Å². The summed E-state index contributed by atoms with van der Waals surface area (Å²) in [7, 11) is 1.51. The van der Waals surface area contributed by atoms with Gasteiger partial charge in [0.25, 0.3) is 0 Å². The molecule has 0 fully saturated rings. The normalized spacial score (nSPS) is 14.2. The van der Waals surface area contributed by atoms with Crippen LogP contribution in [-0.4, -0.2) is 23.2 Å². The van der Waals surface area contributed by atoms with Crippen LogP contribution in [0.5, 0.6) is 5.75 Å². The Morgan fingerprint density at radius 2 is 2.25 bits per heavy atom. The van der Waals surface area contributed by atoms with Gasteiger partial charge in [0.15, 0.2) is 0 Å². The summed E-state index contributed by atoms with van der Waals surface area (Å²) in [4.78, 5) is 10.3. The van der Waals surface area contributed by atoms with Gasteiger partial charge in [0.05, 0.1) is 7.11 Å². The predicted octanol–water partition coefficient (Wildman–Crippen LogP) is 1.78. The van der Waals surface area contributed by atoms with E-state index in [-0.39, 0.29) is 6.42 Å². The van der Waals surface area contributed by atoms with Gasteiger partial charge in [-0.25, -0.2) is 0 Å². The minimum absolute atomic E-state index is 0.283. The number of rotatable bonds is 5. The average molecular weight is 225 g/mol. The lowest BCUT2D eigenvalue weighted by Gasteiger charge is -2.15. The van der Waals surface area contributed by atoms with Crippen LogP contribution in [-0.2, 0) is 0 Å². The summed E-state index contributed by atoms with van der Waals surface area (Å²) in [6, 6.07) is 5.70. The van der Waals surface area contributed by atoms with E-state index in [4.69, 9.17) is 4.74 Å². The van der Waals surface area contributed by atoms with Crippen LogP contribution < -0.4 is 4.74 Å². The highest BCUT2D eigenvalue weighted by Gasteiger charge is 2.29. The van der Waals surface area contributed by atoms with E-state index >= 15 is 0 Å². The van der Waals surface area contributed by atoms with E-state index in [9.17, 15) is 15.2 Å². The zero-order valence-corrected chi connectivity index (χ0v) is 9.29. The minimum atomic E-state index is -1.10. The van der Waals surface area contributed by atoms with Crippen LogP contribution in [0, 0.1) is 10.1 Å². The molecule has 0 aliphatic rings. The van der Waals surface area contributed by atoms with Crippen molar-refractivity contribution in [3.63, 3.8) is 0 Å². The number of aliphatic hydroxyl groups excluding tert-OH is 1. The zero-order valence-electron chi connectivity index (χ0n) is 9.29. The first-order valence-corrected chi connectivity index (χ1v) is 5.05. The number of aliphatic hydroxyl groups is 1. The first-order chi connectivity index (χ1) is 7.60. The van der Waals surface area contributed by atoms with Crippen molar-refractivity contribution in [2.24, 2.45) is 0 Å². The van der Waals surface area contributed by atoms with Gasteiger partial charge in [0.2, 0.25) is 6.04 Å². The van der Waals surface area contributed by atoms with Crippen LogP contribution in [0.4, 0.5) is 0 Å². The van der Waals surface area contributed by atoms with Crippen molar-refractivity contribution in [1.82, 2.24) is 0 Å². The first-order valence-electron chi connectivity index (χ1n) is 5.05.